The highest BCUT2D eigenvalue weighted by Gasteiger charge is 2.29. The second kappa shape index (κ2) is 12.7. The van der Waals surface area contributed by atoms with Crippen molar-refractivity contribution in [3.8, 4) is 0 Å². The molecule has 0 aliphatic rings. The number of nitrogens with one attached hydrogen (secondary N) is 2. The molecule has 0 fully saturated rings. The Hall–Kier alpha value is -2.10. The molecular weight excluding hydrogens is 442 g/mol. The molecule has 2 amide bonds. The van der Waals surface area contributed by atoms with Crippen molar-refractivity contribution in [2.75, 3.05) is 13.7 Å². The van der Waals surface area contributed by atoms with E-state index in [0.717, 1.165) is 12.0 Å². The molecule has 0 aliphatic heterocycles. The van der Waals surface area contributed by atoms with Crippen molar-refractivity contribution >= 4 is 42.1 Å². The van der Waals surface area contributed by atoms with Crippen LogP contribution in [0.25, 0.3) is 0 Å². The van der Waals surface area contributed by atoms with Crippen LogP contribution in [-0.2, 0) is 16.0 Å². The molecule has 2 aromatic carbocycles. The topological polar surface area (TPSA) is 108 Å². The Morgan fingerprint density at radius 3 is 2.45 bits per heavy atom. The number of rotatable bonds is 11. The van der Waals surface area contributed by atoms with E-state index < -0.39 is 30.9 Å². The Morgan fingerprint density at radius 1 is 1.10 bits per heavy atom. The minimum absolute atomic E-state index is 0.115. The first-order chi connectivity index (χ1) is 14.8. The van der Waals surface area contributed by atoms with Crippen molar-refractivity contribution in [3.05, 3.63) is 69.7 Å². The maximum Gasteiger partial charge on any atom is 0.475 e. The summed E-state index contributed by atoms with van der Waals surface area (Å²) in [6.45, 7) is -0.117. The summed E-state index contributed by atoms with van der Waals surface area (Å²) in [4.78, 5) is 25.3. The van der Waals surface area contributed by atoms with E-state index in [9.17, 15) is 19.6 Å². The van der Waals surface area contributed by atoms with Crippen LogP contribution in [0.5, 0.6) is 0 Å². The Kier molecular flexibility index (Phi) is 10.3. The van der Waals surface area contributed by atoms with Gasteiger partial charge in [0.25, 0.3) is 5.91 Å². The summed E-state index contributed by atoms with van der Waals surface area (Å²) in [5.74, 6) is -2.11. The lowest BCUT2D eigenvalue weighted by atomic mass is 9.76. The van der Waals surface area contributed by atoms with E-state index in [2.05, 4.69) is 10.6 Å². The molecule has 2 unspecified atom stereocenters. The van der Waals surface area contributed by atoms with Crippen molar-refractivity contribution in [2.45, 2.75) is 31.2 Å². The van der Waals surface area contributed by atoms with Crippen molar-refractivity contribution in [3.63, 3.8) is 0 Å². The molecule has 0 radical (unpaired) electrons. The van der Waals surface area contributed by atoms with E-state index in [1.54, 1.807) is 6.07 Å². The lowest BCUT2D eigenvalue weighted by Crippen LogP contribution is -2.55. The number of halogens is 2. The van der Waals surface area contributed by atoms with E-state index >= 15 is 0 Å². The van der Waals surface area contributed by atoms with Gasteiger partial charge in [-0.3, -0.25) is 9.59 Å². The zero-order valence-corrected chi connectivity index (χ0v) is 18.6. The van der Waals surface area contributed by atoms with Gasteiger partial charge in [0.1, 0.15) is 6.04 Å². The lowest BCUT2D eigenvalue weighted by molar-refractivity contribution is -0.124. The zero-order chi connectivity index (χ0) is 22.8. The predicted molar refractivity (Wildman–Crippen MR) is 121 cm³/mol. The molecule has 7 nitrogen and oxygen atoms in total. The molecule has 2 atom stereocenters. The van der Waals surface area contributed by atoms with Gasteiger partial charge in [-0.15, -0.1) is 0 Å². The van der Waals surface area contributed by atoms with Gasteiger partial charge in [-0.2, -0.15) is 0 Å². The fourth-order valence-electron chi connectivity index (χ4n) is 3.01. The average molecular weight is 467 g/mol. The number of carbonyl (C=O) groups is 2. The van der Waals surface area contributed by atoms with Crippen molar-refractivity contribution in [1.82, 2.24) is 10.6 Å². The predicted octanol–water partition coefficient (Wildman–Crippen LogP) is 2.26. The summed E-state index contributed by atoms with van der Waals surface area (Å²) in [5, 5.41) is 25.0. The van der Waals surface area contributed by atoms with E-state index in [-0.39, 0.29) is 17.2 Å². The molecule has 0 heterocycles. The highest BCUT2D eigenvalue weighted by Crippen LogP contribution is 2.20. The number of hydrogen-bond acceptors (Lipinski definition) is 5. The molecular formula is C21H25BCl2N2O5. The molecule has 2 rings (SSSR count). The van der Waals surface area contributed by atoms with Gasteiger partial charge >= 0.3 is 7.12 Å². The van der Waals surface area contributed by atoms with E-state index in [1.807, 2.05) is 30.3 Å². The minimum Gasteiger partial charge on any atom is -0.426 e. The second-order valence-electron chi connectivity index (χ2n) is 7.01. The molecule has 0 saturated heterocycles. The van der Waals surface area contributed by atoms with Crippen LogP contribution >= 0.6 is 23.2 Å². The second-order valence-corrected chi connectivity index (χ2v) is 7.86. The van der Waals surface area contributed by atoms with Gasteiger partial charge in [0.05, 0.1) is 23.1 Å². The van der Waals surface area contributed by atoms with Gasteiger partial charge in [0.15, 0.2) is 0 Å². The van der Waals surface area contributed by atoms with E-state index in [1.165, 1.54) is 19.2 Å². The van der Waals surface area contributed by atoms with Crippen LogP contribution in [0.3, 0.4) is 0 Å². The lowest BCUT2D eigenvalue weighted by Gasteiger charge is -2.23. The van der Waals surface area contributed by atoms with Crippen molar-refractivity contribution < 1.29 is 24.4 Å². The van der Waals surface area contributed by atoms with Gasteiger partial charge in [0, 0.05) is 12.1 Å². The minimum atomic E-state index is -1.75. The monoisotopic (exact) mass is 466 g/mol. The Labute approximate surface area is 191 Å². The van der Waals surface area contributed by atoms with Crippen molar-refractivity contribution in [1.29, 1.82) is 0 Å². The van der Waals surface area contributed by atoms with Crippen LogP contribution < -0.4 is 10.6 Å². The van der Waals surface area contributed by atoms with Gasteiger partial charge < -0.3 is 25.4 Å². The van der Waals surface area contributed by atoms with E-state index in [0.29, 0.717) is 17.9 Å². The SMILES string of the molecule is COCC(NC(=O)c1cc(Cl)ccc1Cl)C(=O)NC(CCCc1ccccc1)B(O)O. The van der Waals surface area contributed by atoms with E-state index in [4.69, 9.17) is 27.9 Å². The fraction of sp³-hybridized carbons (Fsp3) is 0.333. The Morgan fingerprint density at radius 2 is 1.81 bits per heavy atom. The summed E-state index contributed by atoms with van der Waals surface area (Å²) in [7, 11) is -0.363. The number of hydrogen-bond donors (Lipinski definition) is 4. The standard InChI is InChI=1S/C21H25BCl2N2O5/c1-31-13-18(25-20(27)16-12-15(23)10-11-17(16)24)21(28)26-19(22(29)30)9-5-8-14-6-3-2-4-7-14/h2-4,6-7,10-12,18-19,29-30H,5,8-9,13H2,1H3,(H,25,27)(H,26,28). The molecule has 0 aromatic heterocycles. The van der Waals surface area contributed by atoms with Crippen LogP contribution in [0.1, 0.15) is 28.8 Å². The van der Waals surface area contributed by atoms with Gasteiger partial charge in [0.2, 0.25) is 5.91 Å². The maximum absolute atomic E-state index is 12.7. The molecule has 0 aliphatic carbocycles. The number of carbonyl (C=O) groups excluding carboxylic acids is 2. The number of benzene rings is 2. The van der Waals surface area contributed by atoms with Crippen LogP contribution in [0.15, 0.2) is 48.5 Å². The number of ether oxygens (including phenoxy) is 1. The third-order valence-electron chi connectivity index (χ3n) is 4.64. The first kappa shape index (κ1) is 25.2. The Balaban J connectivity index is 1.99. The first-order valence-corrected chi connectivity index (χ1v) is 10.5. The zero-order valence-electron chi connectivity index (χ0n) is 17.1. The summed E-state index contributed by atoms with van der Waals surface area (Å²) in [6, 6.07) is 13.1. The van der Waals surface area contributed by atoms with Gasteiger partial charge in [-0.1, -0.05) is 53.5 Å². The average Bonchev–Trinajstić information content (AvgIpc) is 2.74. The third kappa shape index (κ3) is 8.16. The van der Waals surface area contributed by atoms with Crippen LogP contribution in [-0.4, -0.2) is 54.7 Å². The molecule has 4 N–H and O–H groups in total. The Bertz CT molecular complexity index is 870. The van der Waals surface area contributed by atoms with Gasteiger partial charge in [-0.05, 0) is 43.0 Å². The molecule has 31 heavy (non-hydrogen) atoms. The summed E-state index contributed by atoms with van der Waals surface area (Å²) in [5.41, 5.74) is 1.23. The van der Waals surface area contributed by atoms with Crippen LogP contribution in [0, 0.1) is 0 Å². The summed E-state index contributed by atoms with van der Waals surface area (Å²) in [6.07, 6.45) is 1.70. The molecule has 166 valence electrons. The molecule has 0 bridgehead atoms. The first-order valence-electron chi connectivity index (χ1n) is 9.77. The highest BCUT2D eigenvalue weighted by atomic mass is 35.5. The number of aryl methyl sites for hydroxylation is 1. The number of amides is 2. The number of methoxy groups -OCH3 is 1. The molecule has 2 aromatic rings. The molecule has 10 heteroatoms. The highest BCUT2D eigenvalue weighted by molar-refractivity contribution is 6.43. The maximum atomic E-state index is 12.7. The van der Waals surface area contributed by atoms with Crippen LogP contribution in [0.4, 0.5) is 0 Å². The summed E-state index contributed by atoms with van der Waals surface area (Å²) >= 11 is 12.0. The van der Waals surface area contributed by atoms with Gasteiger partial charge in [-0.25, -0.2) is 0 Å². The smallest absolute Gasteiger partial charge is 0.426 e. The third-order valence-corrected chi connectivity index (χ3v) is 5.20. The van der Waals surface area contributed by atoms with Crippen molar-refractivity contribution in [2.24, 2.45) is 0 Å². The largest absolute Gasteiger partial charge is 0.475 e. The molecule has 0 spiro atoms. The normalized spacial score (nSPS) is 12.7. The fourth-order valence-corrected chi connectivity index (χ4v) is 3.38. The van der Waals surface area contributed by atoms with Crippen LogP contribution in [0.2, 0.25) is 10.0 Å². The quantitative estimate of drug-likeness (QED) is 0.380. The molecule has 0 saturated carbocycles. The summed E-state index contributed by atoms with van der Waals surface area (Å²) < 4.78 is 5.04.